The summed E-state index contributed by atoms with van der Waals surface area (Å²) in [5.41, 5.74) is 0. The lowest BCUT2D eigenvalue weighted by molar-refractivity contribution is -0.145. The first-order chi connectivity index (χ1) is 6.19. The van der Waals surface area contributed by atoms with Crippen molar-refractivity contribution in [1.82, 2.24) is 0 Å². The van der Waals surface area contributed by atoms with Gasteiger partial charge < -0.3 is 4.74 Å². The smallest absolute Gasteiger partial charge is 0.308 e. The van der Waals surface area contributed by atoms with Crippen molar-refractivity contribution < 1.29 is 9.53 Å². The molecular weight excluding hydrogens is 164 g/mol. The quantitative estimate of drug-likeness (QED) is 0.495. The first-order valence-corrected chi connectivity index (χ1v) is 4.89. The van der Waals surface area contributed by atoms with E-state index in [1.807, 2.05) is 6.08 Å². The summed E-state index contributed by atoms with van der Waals surface area (Å²) in [5, 5.41) is 0. The lowest BCUT2D eigenvalue weighted by Crippen LogP contribution is -2.14. The van der Waals surface area contributed by atoms with E-state index in [0.717, 1.165) is 19.3 Å². The fourth-order valence-electron chi connectivity index (χ4n) is 2.07. The summed E-state index contributed by atoms with van der Waals surface area (Å²) < 4.78 is 4.73. The van der Waals surface area contributed by atoms with Crippen molar-refractivity contribution in [3.63, 3.8) is 0 Å². The largest absolute Gasteiger partial charge is 0.469 e. The predicted octanol–water partition coefficient (Wildman–Crippen LogP) is 2.40. The Kier molecular flexibility index (Phi) is 3.52. The highest BCUT2D eigenvalue weighted by atomic mass is 16.5. The average molecular weight is 182 g/mol. The Hall–Kier alpha value is -0.790. The van der Waals surface area contributed by atoms with Crippen LogP contribution in [0.5, 0.6) is 0 Å². The molecule has 1 fully saturated rings. The zero-order valence-electron chi connectivity index (χ0n) is 8.45. The molecule has 0 aromatic heterocycles. The van der Waals surface area contributed by atoms with Gasteiger partial charge in [0.2, 0.25) is 0 Å². The van der Waals surface area contributed by atoms with Crippen LogP contribution in [0.3, 0.4) is 0 Å². The molecule has 74 valence electrons. The highest BCUT2D eigenvalue weighted by Gasteiger charge is 2.32. The maximum absolute atomic E-state index is 11.2. The lowest BCUT2D eigenvalue weighted by atomic mass is 9.92. The van der Waals surface area contributed by atoms with E-state index in [1.165, 1.54) is 7.11 Å². The van der Waals surface area contributed by atoms with Crippen molar-refractivity contribution in [2.24, 2.45) is 17.8 Å². The van der Waals surface area contributed by atoms with Crippen LogP contribution in [0.25, 0.3) is 0 Å². The van der Waals surface area contributed by atoms with Gasteiger partial charge in [-0.2, -0.15) is 0 Å². The van der Waals surface area contributed by atoms with E-state index < -0.39 is 0 Å². The van der Waals surface area contributed by atoms with Gasteiger partial charge in [-0.05, 0) is 31.1 Å². The van der Waals surface area contributed by atoms with Gasteiger partial charge in [0.1, 0.15) is 0 Å². The number of hydrogen-bond acceptors (Lipinski definition) is 2. The Labute approximate surface area is 80.0 Å². The molecule has 1 aliphatic carbocycles. The number of carbonyl (C=O) groups excluding carboxylic acids is 1. The van der Waals surface area contributed by atoms with Crippen LogP contribution in [-0.2, 0) is 9.53 Å². The van der Waals surface area contributed by atoms with Gasteiger partial charge >= 0.3 is 5.97 Å². The maximum Gasteiger partial charge on any atom is 0.308 e. The molecule has 1 rings (SSSR count). The minimum atomic E-state index is -0.0428. The molecule has 1 saturated carbocycles. The minimum Gasteiger partial charge on any atom is -0.469 e. The number of esters is 1. The predicted molar refractivity (Wildman–Crippen MR) is 52.2 cm³/mol. The van der Waals surface area contributed by atoms with Crippen LogP contribution >= 0.6 is 0 Å². The first-order valence-electron chi connectivity index (χ1n) is 4.89. The van der Waals surface area contributed by atoms with E-state index in [1.54, 1.807) is 0 Å². The second kappa shape index (κ2) is 4.45. The molecule has 2 nitrogen and oxygen atoms in total. The fraction of sp³-hybridized carbons (Fsp3) is 0.727. The third-order valence-corrected chi connectivity index (χ3v) is 3.12. The molecule has 0 aromatic carbocycles. The van der Waals surface area contributed by atoms with Crippen LogP contribution < -0.4 is 0 Å². The Morgan fingerprint density at radius 1 is 1.62 bits per heavy atom. The monoisotopic (exact) mass is 182 g/mol. The molecule has 0 N–H and O–H groups in total. The summed E-state index contributed by atoms with van der Waals surface area (Å²) in [6, 6.07) is 0. The first kappa shape index (κ1) is 10.3. The molecule has 13 heavy (non-hydrogen) atoms. The van der Waals surface area contributed by atoms with Gasteiger partial charge in [-0.15, -0.1) is 6.58 Å². The molecule has 2 heteroatoms. The van der Waals surface area contributed by atoms with Gasteiger partial charge in [-0.1, -0.05) is 13.0 Å². The standard InChI is InChI=1S/C11H18O2/c1-4-8(2)9-5-6-10(7-9)11(12)13-3/h4,8-10H,1,5-7H2,2-3H3. The zero-order chi connectivity index (χ0) is 9.84. The molecule has 0 radical (unpaired) electrons. The normalized spacial score (nSPS) is 29.7. The van der Waals surface area contributed by atoms with Crippen LogP contribution in [0.2, 0.25) is 0 Å². The van der Waals surface area contributed by atoms with Gasteiger partial charge in [0.15, 0.2) is 0 Å². The summed E-state index contributed by atoms with van der Waals surface area (Å²) in [4.78, 5) is 11.2. The van der Waals surface area contributed by atoms with Gasteiger partial charge in [-0.3, -0.25) is 4.79 Å². The Bertz CT molecular complexity index is 198. The van der Waals surface area contributed by atoms with Crippen LogP contribution in [0.4, 0.5) is 0 Å². The summed E-state index contributed by atoms with van der Waals surface area (Å²) in [6.07, 6.45) is 5.06. The molecule has 0 saturated heterocycles. The molecule has 3 unspecified atom stereocenters. The van der Waals surface area contributed by atoms with E-state index in [-0.39, 0.29) is 11.9 Å². The van der Waals surface area contributed by atoms with Crippen molar-refractivity contribution in [2.75, 3.05) is 7.11 Å². The number of allylic oxidation sites excluding steroid dienone is 1. The summed E-state index contributed by atoms with van der Waals surface area (Å²) in [6.45, 7) is 5.94. The highest BCUT2D eigenvalue weighted by molar-refractivity contribution is 5.72. The number of ether oxygens (including phenoxy) is 1. The lowest BCUT2D eigenvalue weighted by Gasteiger charge is -2.14. The van der Waals surface area contributed by atoms with Crippen LogP contribution in [-0.4, -0.2) is 13.1 Å². The molecule has 3 atom stereocenters. The topological polar surface area (TPSA) is 26.3 Å². The number of carbonyl (C=O) groups is 1. The Morgan fingerprint density at radius 3 is 2.85 bits per heavy atom. The molecule has 0 aliphatic heterocycles. The second-order valence-corrected chi connectivity index (χ2v) is 3.89. The molecule has 0 heterocycles. The van der Waals surface area contributed by atoms with Crippen molar-refractivity contribution in [3.8, 4) is 0 Å². The summed E-state index contributed by atoms with van der Waals surface area (Å²) >= 11 is 0. The van der Waals surface area contributed by atoms with Gasteiger partial charge in [0.25, 0.3) is 0 Å². The van der Waals surface area contributed by atoms with Crippen LogP contribution in [0.1, 0.15) is 26.2 Å². The third kappa shape index (κ3) is 2.33. The van der Waals surface area contributed by atoms with E-state index in [0.29, 0.717) is 11.8 Å². The number of methoxy groups -OCH3 is 1. The molecule has 0 spiro atoms. The average Bonchev–Trinajstić information content (AvgIpc) is 2.64. The van der Waals surface area contributed by atoms with Crippen LogP contribution in [0.15, 0.2) is 12.7 Å². The maximum atomic E-state index is 11.2. The fourth-order valence-corrected chi connectivity index (χ4v) is 2.07. The molecular formula is C11H18O2. The molecule has 0 amide bonds. The SMILES string of the molecule is C=CC(C)C1CCC(C(=O)OC)C1. The van der Waals surface area contributed by atoms with Gasteiger partial charge in [0, 0.05) is 0 Å². The van der Waals surface area contributed by atoms with Crippen molar-refractivity contribution >= 4 is 5.97 Å². The summed E-state index contributed by atoms with van der Waals surface area (Å²) in [5.74, 6) is 1.24. The minimum absolute atomic E-state index is 0.0428. The van der Waals surface area contributed by atoms with Crippen molar-refractivity contribution in [3.05, 3.63) is 12.7 Å². The van der Waals surface area contributed by atoms with E-state index in [4.69, 9.17) is 4.74 Å². The van der Waals surface area contributed by atoms with E-state index in [2.05, 4.69) is 13.5 Å². The van der Waals surface area contributed by atoms with E-state index >= 15 is 0 Å². The van der Waals surface area contributed by atoms with E-state index in [9.17, 15) is 4.79 Å². The third-order valence-electron chi connectivity index (χ3n) is 3.12. The molecule has 0 bridgehead atoms. The highest BCUT2D eigenvalue weighted by Crippen LogP contribution is 2.36. The van der Waals surface area contributed by atoms with Crippen molar-refractivity contribution in [2.45, 2.75) is 26.2 Å². The van der Waals surface area contributed by atoms with Gasteiger partial charge in [-0.25, -0.2) is 0 Å². The molecule has 1 aliphatic rings. The Morgan fingerprint density at radius 2 is 2.31 bits per heavy atom. The summed E-state index contributed by atoms with van der Waals surface area (Å²) in [7, 11) is 1.46. The van der Waals surface area contributed by atoms with Gasteiger partial charge in [0.05, 0.1) is 13.0 Å². The number of hydrogen-bond donors (Lipinski definition) is 0. The zero-order valence-corrected chi connectivity index (χ0v) is 8.45. The Balaban J connectivity index is 2.44. The molecule has 0 aromatic rings. The van der Waals surface area contributed by atoms with Crippen LogP contribution in [0, 0.1) is 17.8 Å². The number of rotatable bonds is 3. The van der Waals surface area contributed by atoms with Crippen molar-refractivity contribution in [1.29, 1.82) is 0 Å². The second-order valence-electron chi connectivity index (χ2n) is 3.89.